The molecule has 1 aromatic rings. The molecule has 0 atom stereocenters. The predicted molar refractivity (Wildman–Crippen MR) is 98.7 cm³/mol. The van der Waals surface area contributed by atoms with Crippen molar-refractivity contribution in [1.82, 2.24) is 0 Å². The highest BCUT2D eigenvalue weighted by atomic mass is 16.5. The van der Waals surface area contributed by atoms with Gasteiger partial charge in [-0.1, -0.05) is 57.7 Å². The number of unbranched alkanes of at least 4 members (excludes halogenated alkanes) is 5. The van der Waals surface area contributed by atoms with Crippen molar-refractivity contribution in [3.05, 3.63) is 41.5 Å². The average Bonchev–Trinajstić information content (AvgIpc) is 2.57. The SMILES string of the molecule is CCCCC/C=C(\CCCCC)c1ccc(C(=O)OCC)cc1. The predicted octanol–water partition coefficient (Wildman–Crippen LogP) is 6.41. The van der Waals surface area contributed by atoms with Gasteiger partial charge in [-0.05, 0) is 55.9 Å². The van der Waals surface area contributed by atoms with Gasteiger partial charge in [0, 0.05) is 0 Å². The van der Waals surface area contributed by atoms with E-state index in [1.54, 1.807) is 0 Å². The third-order valence-corrected chi connectivity index (χ3v) is 4.01. The van der Waals surface area contributed by atoms with Crippen LogP contribution >= 0.6 is 0 Å². The summed E-state index contributed by atoms with van der Waals surface area (Å²) in [5.41, 5.74) is 3.30. The molecule has 0 aromatic heterocycles. The molecule has 0 saturated carbocycles. The fourth-order valence-corrected chi connectivity index (χ4v) is 2.64. The van der Waals surface area contributed by atoms with Crippen molar-refractivity contribution in [2.75, 3.05) is 6.61 Å². The Bertz CT molecular complexity index is 471. The van der Waals surface area contributed by atoms with E-state index in [-0.39, 0.29) is 5.97 Å². The fraction of sp³-hybridized carbons (Fsp3) is 0.571. The molecule has 0 heterocycles. The number of hydrogen-bond acceptors (Lipinski definition) is 2. The number of esters is 1. The molecule has 0 bridgehead atoms. The van der Waals surface area contributed by atoms with E-state index in [9.17, 15) is 4.79 Å². The Balaban J connectivity index is 2.77. The number of carbonyl (C=O) groups excluding carboxylic acids is 1. The van der Waals surface area contributed by atoms with E-state index in [0.717, 1.165) is 12.8 Å². The van der Waals surface area contributed by atoms with Gasteiger partial charge in [0.05, 0.1) is 12.2 Å². The summed E-state index contributed by atoms with van der Waals surface area (Å²) >= 11 is 0. The van der Waals surface area contributed by atoms with Gasteiger partial charge in [-0.3, -0.25) is 0 Å². The Morgan fingerprint density at radius 3 is 2.13 bits per heavy atom. The molecule has 0 N–H and O–H groups in total. The molecule has 0 radical (unpaired) electrons. The van der Waals surface area contributed by atoms with Crippen molar-refractivity contribution < 1.29 is 9.53 Å². The highest BCUT2D eigenvalue weighted by molar-refractivity contribution is 5.89. The van der Waals surface area contributed by atoms with Gasteiger partial charge in [0.15, 0.2) is 0 Å². The standard InChI is InChI=1S/C21H32O2/c1-4-7-9-11-13-18(12-10-8-5-2)19-14-16-20(17-15-19)21(22)23-6-3/h13-17H,4-12H2,1-3H3/b18-13+. The summed E-state index contributed by atoms with van der Waals surface area (Å²) in [6.45, 7) is 6.72. The summed E-state index contributed by atoms with van der Waals surface area (Å²) in [5, 5.41) is 0. The summed E-state index contributed by atoms with van der Waals surface area (Å²) < 4.78 is 5.05. The van der Waals surface area contributed by atoms with Crippen LogP contribution in [-0.2, 0) is 4.74 Å². The molecule has 0 saturated heterocycles. The molecular weight excluding hydrogens is 284 g/mol. The first-order chi connectivity index (χ1) is 11.2. The molecule has 0 aliphatic heterocycles. The molecule has 23 heavy (non-hydrogen) atoms. The lowest BCUT2D eigenvalue weighted by molar-refractivity contribution is 0.0526. The summed E-state index contributed by atoms with van der Waals surface area (Å²) in [4.78, 5) is 11.7. The van der Waals surface area contributed by atoms with Crippen molar-refractivity contribution in [2.24, 2.45) is 0 Å². The smallest absolute Gasteiger partial charge is 0.338 e. The normalized spacial score (nSPS) is 11.5. The number of carbonyl (C=O) groups is 1. The molecular formula is C21H32O2. The zero-order valence-electron chi connectivity index (χ0n) is 15.1. The first kappa shape index (κ1) is 19.5. The van der Waals surface area contributed by atoms with E-state index < -0.39 is 0 Å². The number of allylic oxidation sites excluding steroid dienone is 2. The second kappa shape index (κ2) is 11.9. The maximum atomic E-state index is 11.7. The molecule has 1 aromatic carbocycles. The number of benzene rings is 1. The van der Waals surface area contributed by atoms with Gasteiger partial charge < -0.3 is 4.74 Å². The lowest BCUT2D eigenvalue weighted by Gasteiger charge is -2.09. The van der Waals surface area contributed by atoms with Crippen LogP contribution in [0, 0.1) is 0 Å². The minimum Gasteiger partial charge on any atom is -0.462 e. The zero-order valence-corrected chi connectivity index (χ0v) is 15.1. The van der Waals surface area contributed by atoms with E-state index in [1.165, 1.54) is 49.7 Å². The van der Waals surface area contributed by atoms with Crippen molar-refractivity contribution in [3.8, 4) is 0 Å². The minimum atomic E-state index is -0.237. The van der Waals surface area contributed by atoms with Crippen LogP contribution in [0.2, 0.25) is 0 Å². The summed E-state index contributed by atoms with van der Waals surface area (Å²) in [7, 11) is 0. The van der Waals surface area contributed by atoms with Crippen molar-refractivity contribution in [1.29, 1.82) is 0 Å². The highest BCUT2D eigenvalue weighted by Gasteiger charge is 2.07. The quantitative estimate of drug-likeness (QED) is 0.348. The molecule has 0 spiro atoms. The molecule has 0 aliphatic carbocycles. The van der Waals surface area contributed by atoms with Gasteiger partial charge in [-0.15, -0.1) is 0 Å². The molecule has 0 fully saturated rings. The summed E-state index contributed by atoms with van der Waals surface area (Å²) in [6.07, 6.45) is 12.2. The topological polar surface area (TPSA) is 26.3 Å². The molecule has 2 nitrogen and oxygen atoms in total. The van der Waals surface area contributed by atoms with E-state index in [0.29, 0.717) is 12.2 Å². The van der Waals surface area contributed by atoms with Gasteiger partial charge in [-0.25, -0.2) is 4.79 Å². The highest BCUT2D eigenvalue weighted by Crippen LogP contribution is 2.23. The Kier molecular flexibility index (Phi) is 10.1. The first-order valence-electron chi connectivity index (χ1n) is 9.19. The van der Waals surface area contributed by atoms with Gasteiger partial charge in [-0.2, -0.15) is 0 Å². The second-order valence-corrected chi connectivity index (χ2v) is 5.98. The van der Waals surface area contributed by atoms with Crippen LogP contribution in [-0.4, -0.2) is 12.6 Å². The van der Waals surface area contributed by atoms with Crippen LogP contribution in [0.25, 0.3) is 5.57 Å². The van der Waals surface area contributed by atoms with Crippen molar-refractivity contribution in [2.45, 2.75) is 72.1 Å². The minimum absolute atomic E-state index is 0.237. The van der Waals surface area contributed by atoms with Gasteiger partial charge >= 0.3 is 5.97 Å². The van der Waals surface area contributed by atoms with E-state index in [4.69, 9.17) is 4.74 Å². The Labute approximate surface area is 141 Å². The lowest BCUT2D eigenvalue weighted by Crippen LogP contribution is -2.04. The maximum absolute atomic E-state index is 11.7. The molecule has 0 amide bonds. The first-order valence-corrected chi connectivity index (χ1v) is 9.19. The lowest BCUT2D eigenvalue weighted by atomic mass is 9.97. The maximum Gasteiger partial charge on any atom is 0.338 e. The van der Waals surface area contributed by atoms with Crippen LogP contribution in [0.4, 0.5) is 0 Å². The van der Waals surface area contributed by atoms with Gasteiger partial charge in [0.1, 0.15) is 0 Å². The van der Waals surface area contributed by atoms with E-state index in [2.05, 4.69) is 32.1 Å². The number of ether oxygens (including phenoxy) is 1. The van der Waals surface area contributed by atoms with Gasteiger partial charge in [0.25, 0.3) is 0 Å². The van der Waals surface area contributed by atoms with Crippen LogP contribution < -0.4 is 0 Å². The van der Waals surface area contributed by atoms with Gasteiger partial charge in [0.2, 0.25) is 0 Å². The number of hydrogen-bond donors (Lipinski definition) is 0. The molecule has 0 aliphatic rings. The third kappa shape index (κ3) is 7.49. The van der Waals surface area contributed by atoms with Crippen LogP contribution in [0.5, 0.6) is 0 Å². The molecule has 0 unspecified atom stereocenters. The zero-order chi connectivity index (χ0) is 16.9. The molecule has 2 heteroatoms. The largest absolute Gasteiger partial charge is 0.462 e. The Morgan fingerprint density at radius 2 is 1.52 bits per heavy atom. The second-order valence-electron chi connectivity index (χ2n) is 5.98. The monoisotopic (exact) mass is 316 g/mol. The van der Waals surface area contributed by atoms with Crippen LogP contribution in [0.3, 0.4) is 0 Å². The summed E-state index contributed by atoms with van der Waals surface area (Å²) in [5.74, 6) is -0.237. The Hall–Kier alpha value is -1.57. The van der Waals surface area contributed by atoms with Crippen LogP contribution in [0.1, 0.15) is 88.1 Å². The third-order valence-electron chi connectivity index (χ3n) is 4.01. The van der Waals surface area contributed by atoms with Crippen LogP contribution in [0.15, 0.2) is 30.3 Å². The van der Waals surface area contributed by atoms with E-state index >= 15 is 0 Å². The van der Waals surface area contributed by atoms with E-state index in [1.807, 2.05) is 19.1 Å². The summed E-state index contributed by atoms with van der Waals surface area (Å²) in [6, 6.07) is 7.88. The fourth-order valence-electron chi connectivity index (χ4n) is 2.64. The number of rotatable bonds is 11. The molecule has 128 valence electrons. The average molecular weight is 316 g/mol. The van der Waals surface area contributed by atoms with Crippen molar-refractivity contribution in [3.63, 3.8) is 0 Å². The van der Waals surface area contributed by atoms with Crippen molar-refractivity contribution >= 4 is 11.5 Å². The molecule has 1 rings (SSSR count). The Morgan fingerprint density at radius 1 is 0.913 bits per heavy atom.